The molecule has 0 saturated carbocycles. The van der Waals surface area contributed by atoms with Gasteiger partial charge in [-0.05, 0) is 18.2 Å². The van der Waals surface area contributed by atoms with Gasteiger partial charge < -0.3 is 25.8 Å². The van der Waals surface area contributed by atoms with Crippen LogP contribution < -0.4 is 11.1 Å². The third kappa shape index (κ3) is 3.34. The molecule has 1 aromatic carbocycles. The Morgan fingerprint density at radius 1 is 1.41 bits per heavy atom. The highest BCUT2D eigenvalue weighted by Gasteiger charge is 2.40. The number of nitrogens with zero attached hydrogens (tertiary/aromatic N) is 1. The van der Waals surface area contributed by atoms with Crippen LogP contribution in [0.1, 0.15) is 16.8 Å². The molecular formula is C14H17N3O5. The number of carboxylic acids is 1. The van der Waals surface area contributed by atoms with Crippen molar-refractivity contribution in [2.24, 2.45) is 5.73 Å². The first-order valence-corrected chi connectivity index (χ1v) is 6.65. The van der Waals surface area contributed by atoms with Gasteiger partial charge in [-0.25, -0.2) is 9.59 Å². The van der Waals surface area contributed by atoms with Crippen LogP contribution >= 0.6 is 0 Å². The number of methoxy groups -OCH3 is 1. The van der Waals surface area contributed by atoms with E-state index in [9.17, 15) is 19.5 Å². The van der Waals surface area contributed by atoms with E-state index in [1.165, 1.54) is 18.1 Å². The molecule has 3 amide bonds. The fourth-order valence-corrected chi connectivity index (χ4v) is 2.46. The number of amides is 3. The summed E-state index contributed by atoms with van der Waals surface area (Å²) >= 11 is 0. The van der Waals surface area contributed by atoms with Crippen LogP contribution in [0.5, 0.6) is 0 Å². The summed E-state index contributed by atoms with van der Waals surface area (Å²) in [5, 5.41) is 11.6. The first-order valence-electron chi connectivity index (χ1n) is 6.65. The second-order valence-corrected chi connectivity index (χ2v) is 4.98. The van der Waals surface area contributed by atoms with Gasteiger partial charge in [-0.15, -0.1) is 0 Å². The van der Waals surface area contributed by atoms with Gasteiger partial charge in [0.1, 0.15) is 6.04 Å². The number of urea groups is 1. The van der Waals surface area contributed by atoms with Gasteiger partial charge in [0, 0.05) is 31.3 Å². The normalized spacial score (nSPS) is 20.7. The molecule has 8 nitrogen and oxygen atoms in total. The largest absolute Gasteiger partial charge is 0.480 e. The van der Waals surface area contributed by atoms with Crippen molar-refractivity contribution in [3.8, 4) is 0 Å². The molecule has 1 heterocycles. The van der Waals surface area contributed by atoms with E-state index in [1.54, 1.807) is 18.2 Å². The summed E-state index contributed by atoms with van der Waals surface area (Å²) in [5.41, 5.74) is 5.67. The predicted octanol–water partition coefficient (Wildman–Crippen LogP) is 0.491. The van der Waals surface area contributed by atoms with Gasteiger partial charge in [-0.2, -0.15) is 0 Å². The van der Waals surface area contributed by atoms with Crippen LogP contribution in [0.4, 0.5) is 10.5 Å². The number of hydrogen-bond donors (Lipinski definition) is 3. The number of carboxylic acid groups (broad SMARTS) is 1. The number of nitrogens with two attached hydrogens (primary N) is 1. The quantitative estimate of drug-likeness (QED) is 0.747. The molecule has 1 aliphatic heterocycles. The number of primary amides is 1. The van der Waals surface area contributed by atoms with E-state index in [-0.39, 0.29) is 24.6 Å². The van der Waals surface area contributed by atoms with Crippen LogP contribution in [0.25, 0.3) is 0 Å². The standard InChI is InChI=1S/C14H17N3O5/c1-22-10-6-11(13(19)20)17(7-10)12(18)8-3-2-4-9(5-8)16-14(15)21/h2-5,10-11H,6-7H2,1H3,(H,19,20)(H3,15,16,21). The van der Waals surface area contributed by atoms with Crippen LogP contribution in [-0.2, 0) is 9.53 Å². The van der Waals surface area contributed by atoms with Crippen LogP contribution in [0.15, 0.2) is 24.3 Å². The smallest absolute Gasteiger partial charge is 0.326 e. The van der Waals surface area contributed by atoms with Crippen LogP contribution in [-0.4, -0.2) is 53.7 Å². The molecule has 1 saturated heterocycles. The highest BCUT2D eigenvalue weighted by Crippen LogP contribution is 2.23. The van der Waals surface area contributed by atoms with Crippen molar-refractivity contribution >= 4 is 23.6 Å². The van der Waals surface area contributed by atoms with E-state index in [1.807, 2.05) is 0 Å². The Kier molecular flexibility index (Phi) is 4.62. The molecular weight excluding hydrogens is 290 g/mol. The minimum absolute atomic E-state index is 0.208. The summed E-state index contributed by atoms with van der Waals surface area (Å²) in [6.45, 7) is 0.208. The van der Waals surface area contributed by atoms with Crippen molar-refractivity contribution < 1.29 is 24.2 Å². The zero-order chi connectivity index (χ0) is 16.3. The molecule has 0 aromatic heterocycles. The van der Waals surface area contributed by atoms with Gasteiger partial charge in [0.25, 0.3) is 5.91 Å². The van der Waals surface area contributed by atoms with Gasteiger partial charge in [0.05, 0.1) is 6.10 Å². The molecule has 1 aliphatic rings. The summed E-state index contributed by atoms with van der Waals surface area (Å²) in [7, 11) is 1.48. The molecule has 8 heteroatoms. The van der Waals surface area contributed by atoms with Crippen molar-refractivity contribution in [3.05, 3.63) is 29.8 Å². The zero-order valence-electron chi connectivity index (χ0n) is 12.0. The molecule has 1 aromatic rings. The molecule has 2 rings (SSSR count). The number of aliphatic carboxylic acids is 1. The number of likely N-dealkylation sites (tertiary alicyclic amines) is 1. The van der Waals surface area contributed by atoms with Gasteiger partial charge in [-0.3, -0.25) is 4.79 Å². The highest BCUT2D eigenvalue weighted by molar-refractivity contribution is 5.98. The number of nitrogens with one attached hydrogen (secondary N) is 1. The van der Waals surface area contributed by atoms with E-state index >= 15 is 0 Å². The number of carbonyl (C=O) groups is 3. The first-order chi connectivity index (χ1) is 10.4. The van der Waals surface area contributed by atoms with E-state index in [0.717, 1.165) is 0 Å². The second kappa shape index (κ2) is 6.44. The Hall–Kier alpha value is -2.61. The lowest BCUT2D eigenvalue weighted by Gasteiger charge is -2.21. The van der Waals surface area contributed by atoms with Crippen molar-refractivity contribution in [3.63, 3.8) is 0 Å². The second-order valence-electron chi connectivity index (χ2n) is 4.98. The third-order valence-corrected chi connectivity index (χ3v) is 3.52. The minimum Gasteiger partial charge on any atom is -0.480 e. The maximum absolute atomic E-state index is 12.5. The van der Waals surface area contributed by atoms with Crippen molar-refractivity contribution in [1.29, 1.82) is 0 Å². The molecule has 1 fully saturated rings. The van der Waals surface area contributed by atoms with E-state index in [2.05, 4.69) is 5.32 Å². The SMILES string of the molecule is COC1CC(C(=O)O)N(C(=O)c2cccc(NC(N)=O)c2)C1. The molecule has 4 N–H and O–H groups in total. The van der Waals surface area contributed by atoms with E-state index in [0.29, 0.717) is 5.69 Å². The molecule has 0 spiro atoms. The summed E-state index contributed by atoms with van der Waals surface area (Å²) in [4.78, 5) is 35.9. The van der Waals surface area contributed by atoms with Crippen molar-refractivity contribution in [2.45, 2.75) is 18.6 Å². The molecule has 0 bridgehead atoms. The molecule has 118 valence electrons. The number of rotatable bonds is 4. The molecule has 0 radical (unpaired) electrons. The van der Waals surface area contributed by atoms with E-state index < -0.39 is 23.9 Å². The lowest BCUT2D eigenvalue weighted by Crippen LogP contribution is -2.40. The number of anilines is 1. The molecule has 0 aliphatic carbocycles. The predicted molar refractivity (Wildman–Crippen MR) is 77.5 cm³/mol. The Morgan fingerprint density at radius 3 is 2.73 bits per heavy atom. The van der Waals surface area contributed by atoms with Crippen LogP contribution in [0, 0.1) is 0 Å². The fourth-order valence-electron chi connectivity index (χ4n) is 2.46. The Bertz CT molecular complexity index is 604. The third-order valence-electron chi connectivity index (χ3n) is 3.52. The average molecular weight is 307 g/mol. The average Bonchev–Trinajstić information content (AvgIpc) is 2.90. The van der Waals surface area contributed by atoms with Gasteiger partial charge in [0.15, 0.2) is 0 Å². The molecule has 2 atom stereocenters. The van der Waals surface area contributed by atoms with Crippen LogP contribution in [0.2, 0.25) is 0 Å². The summed E-state index contributed by atoms with van der Waals surface area (Å²) in [5.74, 6) is -1.50. The summed E-state index contributed by atoms with van der Waals surface area (Å²) < 4.78 is 5.15. The fraction of sp³-hybridized carbons (Fsp3) is 0.357. The number of benzene rings is 1. The monoisotopic (exact) mass is 307 g/mol. The lowest BCUT2D eigenvalue weighted by molar-refractivity contribution is -0.141. The Labute approximate surface area is 126 Å². The number of ether oxygens (including phenoxy) is 1. The number of hydrogen-bond acceptors (Lipinski definition) is 4. The topological polar surface area (TPSA) is 122 Å². The minimum atomic E-state index is -1.07. The van der Waals surface area contributed by atoms with Crippen LogP contribution in [0.3, 0.4) is 0 Å². The van der Waals surface area contributed by atoms with Crippen molar-refractivity contribution in [1.82, 2.24) is 4.90 Å². The van der Waals surface area contributed by atoms with Gasteiger partial charge in [0.2, 0.25) is 0 Å². The van der Waals surface area contributed by atoms with Gasteiger partial charge >= 0.3 is 12.0 Å². The zero-order valence-corrected chi connectivity index (χ0v) is 12.0. The Balaban J connectivity index is 2.23. The highest BCUT2D eigenvalue weighted by atomic mass is 16.5. The van der Waals surface area contributed by atoms with Gasteiger partial charge in [-0.1, -0.05) is 6.07 Å². The summed E-state index contributed by atoms with van der Waals surface area (Å²) in [6, 6.07) is 4.49. The Morgan fingerprint density at radius 2 is 2.14 bits per heavy atom. The first kappa shape index (κ1) is 15.8. The number of carbonyl (C=O) groups excluding carboxylic acids is 2. The maximum Gasteiger partial charge on any atom is 0.326 e. The van der Waals surface area contributed by atoms with Crippen molar-refractivity contribution in [2.75, 3.05) is 19.0 Å². The summed E-state index contributed by atoms with van der Waals surface area (Å²) in [6.07, 6.45) is -0.0615. The molecule has 22 heavy (non-hydrogen) atoms. The molecule has 2 unspecified atom stereocenters. The van der Waals surface area contributed by atoms with E-state index in [4.69, 9.17) is 10.5 Å². The lowest BCUT2D eigenvalue weighted by atomic mass is 10.1. The maximum atomic E-state index is 12.5.